The zero-order chi connectivity index (χ0) is 50.0. The van der Waals surface area contributed by atoms with E-state index in [1.54, 1.807) is 6.08 Å². The predicted molar refractivity (Wildman–Crippen MR) is 301 cm³/mol. The van der Waals surface area contributed by atoms with Gasteiger partial charge in [0, 0.05) is 12.8 Å². The second-order valence-corrected chi connectivity index (χ2v) is 21.0. The van der Waals surface area contributed by atoms with Crippen LogP contribution in [0, 0.1) is 0 Å². The minimum absolute atomic E-state index is 0.0111. The van der Waals surface area contributed by atoms with Gasteiger partial charge in [-0.15, -0.1) is 0 Å². The summed E-state index contributed by atoms with van der Waals surface area (Å²) in [6.45, 7) is 4.89. The van der Waals surface area contributed by atoms with Crippen molar-refractivity contribution in [1.82, 2.24) is 5.32 Å². The van der Waals surface area contributed by atoms with Crippen LogP contribution >= 0.6 is 0 Å². The number of unbranched alkanes of at least 4 members (excludes halogenated alkanes) is 42. The van der Waals surface area contributed by atoms with Crippen molar-refractivity contribution in [3.63, 3.8) is 0 Å². The number of aliphatic hydroxyl groups excluding tert-OH is 2. The number of amides is 1. The minimum Gasteiger partial charge on any atom is -0.466 e. The van der Waals surface area contributed by atoms with Crippen LogP contribution in [-0.2, 0) is 14.3 Å². The van der Waals surface area contributed by atoms with Gasteiger partial charge in [0.05, 0.1) is 25.4 Å². The predicted octanol–water partition coefficient (Wildman–Crippen LogP) is 19.2. The van der Waals surface area contributed by atoms with Gasteiger partial charge in [-0.3, -0.25) is 9.59 Å². The summed E-state index contributed by atoms with van der Waals surface area (Å²) < 4.78 is 5.46. The average Bonchev–Trinajstić information content (AvgIpc) is 3.35. The number of nitrogens with one attached hydrogen (secondary N) is 1. The Balaban J connectivity index is 3.49. The number of rotatable bonds is 57. The van der Waals surface area contributed by atoms with Gasteiger partial charge in [0.1, 0.15) is 0 Å². The molecule has 0 aromatic heterocycles. The summed E-state index contributed by atoms with van der Waals surface area (Å²) in [5.74, 6) is -0.0891. The van der Waals surface area contributed by atoms with Gasteiger partial charge < -0.3 is 20.3 Å². The lowest BCUT2D eigenvalue weighted by Gasteiger charge is -2.20. The summed E-state index contributed by atoms with van der Waals surface area (Å²) in [6, 6.07) is -0.638. The average molecular weight is 971 g/mol. The first kappa shape index (κ1) is 67.1. The molecule has 0 aliphatic heterocycles. The van der Waals surface area contributed by atoms with Crippen molar-refractivity contribution in [1.29, 1.82) is 0 Å². The largest absolute Gasteiger partial charge is 0.466 e. The number of carbonyl (C=O) groups excluding carboxylic acids is 2. The molecule has 2 atom stereocenters. The number of hydrogen-bond acceptors (Lipinski definition) is 5. The number of carbonyl (C=O) groups is 2. The van der Waals surface area contributed by atoms with E-state index in [1.807, 2.05) is 6.08 Å². The van der Waals surface area contributed by atoms with Gasteiger partial charge in [-0.1, -0.05) is 269 Å². The highest BCUT2D eigenvalue weighted by molar-refractivity contribution is 5.76. The van der Waals surface area contributed by atoms with Gasteiger partial charge in [-0.2, -0.15) is 0 Å². The van der Waals surface area contributed by atoms with Gasteiger partial charge in [-0.05, 0) is 83.5 Å². The second kappa shape index (κ2) is 58.6. The molecule has 0 spiro atoms. The fourth-order valence-electron chi connectivity index (χ4n) is 9.39. The van der Waals surface area contributed by atoms with Crippen LogP contribution in [0.2, 0.25) is 0 Å². The van der Waals surface area contributed by atoms with Crippen molar-refractivity contribution in [2.24, 2.45) is 0 Å². The molecular formula is C63H119NO5. The summed E-state index contributed by atoms with van der Waals surface area (Å²) in [7, 11) is 0. The number of ether oxygens (including phenoxy) is 1. The molecule has 0 rings (SSSR count). The van der Waals surface area contributed by atoms with E-state index in [9.17, 15) is 19.8 Å². The van der Waals surface area contributed by atoms with Crippen LogP contribution in [0.4, 0.5) is 0 Å². The Bertz CT molecular complexity index is 1120. The van der Waals surface area contributed by atoms with Crippen molar-refractivity contribution >= 4 is 11.9 Å². The molecule has 0 fully saturated rings. The maximum atomic E-state index is 12.5. The molecule has 6 heteroatoms. The van der Waals surface area contributed by atoms with Crippen LogP contribution in [0.1, 0.15) is 328 Å². The van der Waals surface area contributed by atoms with Crippen molar-refractivity contribution in [3.05, 3.63) is 36.5 Å². The molecular weight excluding hydrogens is 851 g/mol. The number of hydrogen-bond donors (Lipinski definition) is 3. The Labute approximate surface area is 430 Å². The fraction of sp³-hybridized carbons (Fsp3) is 0.873. The Kier molecular flexibility index (Phi) is 57.0. The molecule has 0 aromatic carbocycles. The van der Waals surface area contributed by atoms with Crippen LogP contribution < -0.4 is 5.32 Å². The van der Waals surface area contributed by atoms with Crippen LogP contribution in [0.3, 0.4) is 0 Å². The lowest BCUT2D eigenvalue weighted by Crippen LogP contribution is -2.45. The van der Waals surface area contributed by atoms with Gasteiger partial charge >= 0.3 is 5.97 Å². The smallest absolute Gasteiger partial charge is 0.305 e. The maximum Gasteiger partial charge on any atom is 0.305 e. The molecule has 2 unspecified atom stereocenters. The van der Waals surface area contributed by atoms with Crippen LogP contribution in [-0.4, -0.2) is 47.4 Å². The van der Waals surface area contributed by atoms with Crippen LogP contribution in [0.25, 0.3) is 0 Å². The summed E-state index contributed by atoms with van der Waals surface area (Å²) >= 11 is 0. The second-order valence-electron chi connectivity index (χ2n) is 21.0. The molecule has 406 valence electrons. The standard InChI is InChI=1S/C63H119NO5/c1-3-5-7-9-11-13-15-17-19-20-21-22-23-25-28-31-35-39-43-47-51-55-61(66)60(59-65)64-62(67)56-52-48-44-40-36-32-29-26-24-27-30-34-38-42-46-50-54-58-69-63(68)57-53-49-45-41-37-33-18-16-14-12-10-8-6-4-2/h16,18,24,27,51,55,60-61,65-66H,3-15,17,19-23,25-26,28-50,52-54,56-59H2,1-2H3,(H,64,67)/b18-16-,27-24-,55-51+. The first-order valence-corrected chi connectivity index (χ1v) is 30.8. The molecule has 69 heavy (non-hydrogen) atoms. The third-order valence-electron chi connectivity index (χ3n) is 14.1. The van der Waals surface area contributed by atoms with E-state index in [1.165, 1.54) is 244 Å². The molecule has 0 saturated heterocycles. The van der Waals surface area contributed by atoms with Crippen LogP contribution in [0.5, 0.6) is 0 Å². The third kappa shape index (κ3) is 55.2. The third-order valence-corrected chi connectivity index (χ3v) is 14.1. The SMILES string of the molecule is CCCCCCC/C=C\CCCCCCCC(=O)OCCCCCCCC/C=C\CCCCCCCCCC(=O)NC(CO)C(O)/C=C/CCCCCCCCCCCCCCCCCCCCC. The summed E-state index contributed by atoms with van der Waals surface area (Å²) in [6.07, 6.45) is 73.2. The zero-order valence-corrected chi connectivity index (χ0v) is 46.3. The number of esters is 1. The summed E-state index contributed by atoms with van der Waals surface area (Å²) in [5, 5.41) is 23.2. The topological polar surface area (TPSA) is 95.9 Å². The molecule has 0 radical (unpaired) electrons. The fourth-order valence-corrected chi connectivity index (χ4v) is 9.39. The lowest BCUT2D eigenvalue weighted by molar-refractivity contribution is -0.143. The highest BCUT2D eigenvalue weighted by Gasteiger charge is 2.18. The Morgan fingerprint density at radius 3 is 1.03 bits per heavy atom. The Morgan fingerprint density at radius 2 is 0.681 bits per heavy atom. The van der Waals surface area contributed by atoms with E-state index in [-0.39, 0.29) is 18.5 Å². The maximum absolute atomic E-state index is 12.5. The van der Waals surface area contributed by atoms with E-state index >= 15 is 0 Å². The molecule has 1 amide bonds. The van der Waals surface area contributed by atoms with Crippen molar-refractivity contribution in [2.75, 3.05) is 13.2 Å². The first-order valence-electron chi connectivity index (χ1n) is 30.8. The van der Waals surface area contributed by atoms with Crippen molar-refractivity contribution in [2.45, 2.75) is 341 Å². The van der Waals surface area contributed by atoms with E-state index < -0.39 is 12.1 Å². The van der Waals surface area contributed by atoms with Crippen molar-refractivity contribution in [3.8, 4) is 0 Å². The summed E-state index contributed by atoms with van der Waals surface area (Å²) in [4.78, 5) is 24.5. The minimum atomic E-state index is -0.854. The Morgan fingerprint density at radius 1 is 0.391 bits per heavy atom. The molecule has 0 bridgehead atoms. The molecule has 3 N–H and O–H groups in total. The number of aliphatic hydroxyl groups is 2. The lowest BCUT2D eigenvalue weighted by atomic mass is 10.0. The molecule has 0 aliphatic rings. The van der Waals surface area contributed by atoms with E-state index in [0.29, 0.717) is 19.4 Å². The Hall–Kier alpha value is -1.92. The van der Waals surface area contributed by atoms with Gasteiger partial charge in [-0.25, -0.2) is 0 Å². The number of allylic oxidation sites excluding steroid dienone is 5. The summed E-state index contributed by atoms with van der Waals surface area (Å²) in [5.41, 5.74) is 0. The van der Waals surface area contributed by atoms with Gasteiger partial charge in [0.25, 0.3) is 0 Å². The first-order chi connectivity index (χ1) is 34.0. The normalized spacial score (nSPS) is 12.8. The van der Waals surface area contributed by atoms with Crippen molar-refractivity contribution < 1.29 is 24.5 Å². The van der Waals surface area contributed by atoms with Crippen LogP contribution in [0.15, 0.2) is 36.5 Å². The quantitative estimate of drug-likeness (QED) is 0.0321. The van der Waals surface area contributed by atoms with Gasteiger partial charge in [0.15, 0.2) is 0 Å². The van der Waals surface area contributed by atoms with E-state index in [0.717, 1.165) is 57.8 Å². The highest BCUT2D eigenvalue weighted by atomic mass is 16.5. The molecule has 0 aromatic rings. The zero-order valence-electron chi connectivity index (χ0n) is 46.3. The van der Waals surface area contributed by atoms with Gasteiger partial charge in [0.2, 0.25) is 5.91 Å². The van der Waals surface area contributed by atoms with E-state index in [2.05, 4.69) is 43.5 Å². The molecule has 6 nitrogen and oxygen atoms in total. The molecule has 0 heterocycles. The van der Waals surface area contributed by atoms with E-state index in [4.69, 9.17) is 4.74 Å². The highest BCUT2D eigenvalue weighted by Crippen LogP contribution is 2.17. The monoisotopic (exact) mass is 970 g/mol. The molecule has 0 aliphatic carbocycles. The molecule has 0 saturated carbocycles.